The van der Waals surface area contributed by atoms with Crippen molar-refractivity contribution in [2.24, 2.45) is 0 Å². The van der Waals surface area contributed by atoms with E-state index >= 15 is 0 Å². The average molecular weight is 274 g/mol. The van der Waals surface area contributed by atoms with Gasteiger partial charge < -0.3 is 5.32 Å². The van der Waals surface area contributed by atoms with Crippen LogP contribution >= 0.6 is 0 Å². The van der Waals surface area contributed by atoms with Crippen molar-refractivity contribution in [3.05, 3.63) is 51.8 Å². The highest BCUT2D eigenvalue weighted by molar-refractivity contribution is 5.47. The van der Waals surface area contributed by atoms with Crippen LogP contribution in [0.15, 0.2) is 30.5 Å². The molecule has 0 amide bonds. The number of rotatable bonds is 6. The lowest BCUT2D eigenvalue weighted by molar-refractivity contribution is -0.384. The molecule has 0 unspecified atom stereocenters. The molecule has 0 aliphatic rings. The smallest absolute Gasteiger partial charge is 0.269 e. The van der Waals surface area contributed by atoms with Crippen LogP contribution in [0, 0.1) is 17.0 Å². The third kappa shape index (κ3) is 3.21. The van der Waals surface area contributed by atoms with E-state index in [4.69, 9.17) is 0 Å². The van der Waals surface area contributed by atoms with Crippen LogP contribution in [0.1, 0.15) is 24.6 Å². The van der Waals surface area contributed by atoms with Crippen molar-refractivity contribution >= 4 is 5.69 Å². The summed E-state index contributed by atoms with van der Waals surface area (Å²) in [4.78, 5) is 10.3. The zero-order chi connectivity index (χ0) is 14.5. The van der Waals surface area contributed by atoms with Crippen molar-refractivity contribution in [1.82, 2.24) is 15.1 Å². The van der Waals surface area contributed by atoms with Gasteiger partial charge in [0.2, 0.25) is 0 Å². The first kappa shape index (κ1) is 14.2. The summed E-state index contributed by atoms with van der Waals surface area (Å²) in [5.74, 6) is 0. The van der Waals surface area contributed by atoms with E-state index in [2.05, 4.69) is 17.3 Å². The van der Waals surface area contributed by atoms with Crippen molar-refractivity contribution in [2.75, 3.05) is 6.54 Å². The fourth-order valence-corrected chi connectivity index (χ4v) is 1.99. The number of benzene rings is 1. The summed E-state index contributed by atoms with van der Waals surface area (Å²) in [7, 11) is 0. The molecule has 20 heavy (non-hydrogen) atoms. The molecule has 0 saturated carbocycles. The van der Waals surface area contributed by atoms with Crippen molar-refractivity contribution in [2.45, 2.75) is 26.8 Å². The van der Waals surface area contributed by atoms with Gasteiger partial charge in [-0.25, -0.2) is 4.68 Å². The van der Waals surface area contributed by atoms with E-state index in [9.17, 15) is 10.1 Å². The average Bonchev–Trinajstić information content (AvgIpc) is 2.87. The van der Waals surface area contributed by atoms with Gasteiger partial charge in [-0.2, -0.15) is 5.10 Å². The Hall–Kier alpha value is -2.21. The summed E-state index contributed by atoms with van der Waals surface area (Å²) in [5.41, 5.74) is 2.74. The molecule has 1 aromatic carbocycles. The number of hydrogen-bond acceptors (Lipinski definition) is 4. The third-order valence-electron chi connectivity index (χ3n) is 3.02. The second kappa shape index (κ2) is 6.29. The summed E-state index contributed by atoms with van der Waals surface area (Å²) in [6, 6.07) is 6.73. The van der Waals surface area contributed by atoms with Crippen molar-refractivity contribution in [3.63, 3.8) is 0 Å². The van der Waals surface area contributed by atoms with Crippen LogP contribution in [0.3, 0.4) is 0 Å². The maximum atomic E-state index is 10.7. The van der Waals surface area contributed by atoms with E-state index < -0.39 is 0 Å². The molecular formula is C14H18N4O2. The van der Waals surface area contributed by atoms with Crippen LogP contribution in [-0.2, 0) is 6.54 Å². The molecule has 6 heteroatoms. The first-order valence-electron chi connectivity index (χ1n) is 6.62. The van der Waals surface area contributed by atoms with Crippen LogP contribution in [0.5, 0.6) is 0 Å². The van der Waals surface area contributed by atoms with Crippen LogP contribution in [0.4, 0.5) is 5.69 Å². The minimum Gasteiger partial charge on any atom is -0.311 e. The number of nitrogens with one attached hydrogen (secondary N) is 1. The summed E-state index contributed by atoms with van der Waals surface area (Å²) >= 11 is 0. The van der Waals surface area contributed by atoms with Gasteiger partial charge in [-0.3, -0.25) is 10.1 Å². The molecule has 2 rings (SSSR count). The summed E-state index contributed by atoms with van der Waals surface area (Å²) in [6.45, 7) is 5.65. The Balaban J connectivity index is 2.17. The minimum atomic E-state index is -0.389. The molecule has 1 aromatic heterocycles. The zero-order valence-corrected chi connectivity index (χ0v) is 11.7. The Kier molecular flexibility index (Phi) is 4.47. The predicted octanol–water partition coefficient (Wildman–Crippen LogP) is 2.59. The Labute approximate surface area is 117 Å². The fraction of sp³-hybridized carbons (Fsp3) is 0.357. The van der Waals surface area contributed by atoms with E-state index in [-0.39, 0.29) is 10.6 Å². The molecule has 0 bridgehead atoms. The van der Waals surface area contributed by atoms with E-state index in [1.54, 1.807) is 16.8 Å². The van der Waals surface area contributed by atoms with Gasteiger partial charge in [-0.1, -0.05) is 6.92 Å². The SMILES string of the molecule is CCCNCc1ccn(-c2ccc([N+](=O)[O-])cc2C)n1. The van der Waals surface area contributed by atoms with Crippen LogP contribution in [0.2, 0.25) is 0 Å². The van der Waals surface area contributed by atoms with Gasteiger partial charge in [0.25, 0.3) is 5.69 Å². The second-order valence-corrected chi connectivity index (χ2v) is 4.66. The zero-order valence-electron chi connectivity index (χ0n) is 11.7. The number of hydrogen-bond donors (Lipinski definition) is 1. The molecule has 6 nitrogen and oxygen atoms in total. The first-order valence-corrected chi connectivity index (χ1v) is 6.62. The normalized spacial score (nSPS) is 10.7. The molecule has 0 saturated heterocycles. The molecule has 1 N–H and O–H groups in total. The van der Waals surface area contributed by atoms with Crippen LogP contribution < -0.4 is 5.32 Å². The van der Waals surface area contributed by atoms with Crippen LogP contribution in [-0.4, -0.2) is 21.2 Å². The van der Waals surface area contributed by atoms with Gasteiger partial charge in [-0.05, 0) is 37.6 Å². The fourth-order valence-electron chi connectivity index (χ4n) is 1.99. The van der Waals surface area contributed by atoms with Crippen LogP contribution in [0.25, 0.3) is 5.69 Å². The molecule has 2 aromatic rings. The number of nitrogens with zero attached hydrogens (tertiary/aromatic N) is 3. The Morgan fingerprint density at radius 2 is 2.20 bits per heavy atom. The van der Waals surface area contributed by atoms with E-state index in [1.165, 1.54) is 6.07 Å². The number of nitro groups is 1. The van der Waals surface area contributed by atoms with E-state index in [1.807, 2.05) is 19.2 Å². The van der Waals surface area contributed by atoms with Crippen molar-refractivity contribution < 1.29 is 4.92 Å². The first-order chi connectivity index (χ1) is 9.61. The molecule has 0 spiro atoms. The maximum Gasteiger partial charge on any atom is 0.269 e. The Morgan fingerprint density at radius 1 is 1.40 bits per heavy atom. The van der Waals surface area contributed by atoms with Gasteiger partial charge in [-0.15, -0.1) is 0 Å². The lowest BCUT2D eigenvalue weighted by atomic mass is 10.2. The topological polar surface area (TPSA) is 73.0 Å². The van der Waals surface area contributed by atoms with E-state index in [0.717, 1.165) is 36.5 Å². The van der Waals surface area contributed by atoms with Gasteiger partial charge in [0.15, 0.2) is 0 Å². The lowest BCUT2D eigenvalue weighted by Crippen LogP contribution is -2.14. The maximum absolute atomic E-state index is 10.7. The number of nitro benzene ring substituents is 1. The van der Waals surface area contributed by atoms with Gasteiger partial charge >= 0.3 is 0 Å². The summed E-state index contributed by atoms with van der Waals surface area (Å²) < 4.78 is 1.75. The van der Waals surface area contributed by atoms with Gasteiger partial charge in [0.05, 0.1) is 16.3 Å². The van der Waals surface area contributed by atoms with Gasteiger partial charge in [0, 0.05) is 24.9 Å². The monoisotopic (exact) mass is 274 g/mol. The quantitative estimate of drug-likeness (QED) is 0.499. The van der Waals surface area contributed by atoms with E-state index in [0.29, 0.717) is 0 Å². The molecule has 106 valence electrons. The molecule has 0 aliphatic heterocycles. The minimum absolute atomic E-state index is 0.100. The number of aromatic nitrogens is 2. The summed E-state index contributed by atoms with van der Waals surface area (Å²) in [5, 5.41) is 18.5. The molecule has 1 heterocycles. The summed E-state index contributed by atoms with van der Waals surface area (Å²) in [6.07, 6.45) is 2.96. The molecule has 0 atom stereocenters. The standard InChI is InChI=1S/C14H18N4O2/c1-3-7-15-10-12-6-8-17(16-12)14-5-4-13(18(19)20)9-11(14)2/h4-6,8-9,15H,3,7,10H2,1-2H3. The number of aryl methyl sites for hydroxylation is 1. The highest BCUT2D eigenvalue weighted by Crippen LogP contribution is 2.20. The highest BCUT2D eigenvalue weighted by Gasteiger charge is 2.10. The van der Waals surface area contributed by atoms with Gasteiger partial charge in [0.1, 0.15) is 0 Å². The molecule has 0 aliphatic carbocycles. The lowest BCUT2D eigenvalue weighted by Gasteiger charge is -2.05. The second-order valence-electron chi connectivity index (χ2n) is 4.66. The predicted molar refractivity (Wildman–Crippen MR) is 77.0 cm³/mol. The Bertz CT molecular complexity index is 607. The number of non-ortho nitro benzene ring substituents is 1. The highest BCUT2D eigenvalue weighted by atomic mass is 16.6. The Morgan fingerprint density at radius 3 is 2.85 bits per heavy atom. The largest absolute Gasteiger partial charge is 0.311 e. The third-order valence-corrected chi connectivity index (χ3v) is 3.02. The van der Waals surface area contributed by atoms with Crippen molar-refractivity contribution in [1.29, 1.82) is 0 Å². The molecule has 0 radical (unpaired) electrons. The molecule has 0 fully saturated rings. The molecular weight excluding hydrogens is 256 g/mol. The van der Waals surface area contributed by atoms with Crippen molar-refractivity contribution in [3.8, 4) is 5.69 Å².